The summed E-state index contributed by atoms with van der Waals surface area (Å²) in [6.45, 7) is 1.61. The Bertz CT molecular complexity index is 774. The molecule has 1 N–H and O–H groups in total. The molecule has 2 heterocycles. The lowest BCUT2D eigenvalue weighted by Gasteiger charge is -2.15. The van der Waals surface area contributed by atoms with Crippen molar-refractivity contribution in [3.63, 3.8) is 0 Å². The molecule has 2 aromatic rings. The standard InChI is InChI=1S/C13H15N3O5/c1-7-9(12(19)15(2)5-4-8(17)18)10-11(21-7)14-6-16(3)13(10)20/h6H,4-5H2,1-3H3,(H,17,18). The molecule has 1 amide bonds. The Balaban J connectivity index is 2.48. The largest absolute Gasteiger partial charge is 0.481 e. The van der Waals surface area contributed by atoms with Gasteiger partial charge in [-0.25, -0.2) is 4.98 Å². The molecule has 0 bridgehead atoms. The van der Waals surface area contributed by atoms with E-state index in [9.17, 15) is 14.4 Å². The molecule has 21 heavy (non-hydrogen) atoms. The van der Waals surface area contributed by atoms with E-state index in [4.69, 9.17) is 9.52 Å². The van der Waals surface area contributed by atoms with Crippen LogP contribution in [0.15, 0.2) is 15.5 Å². The van der Waals surface area contributed by atoms with Gasteiger partial charge in [-0.2, -0.15) is 0 Å². The maximum Gasteiger partial charge on any atom is 0.305 e. The minimum atomic E-state index is -0.999. The van der Waals surface area contributed by atoms with Crippen molar-refractivity contribution in [2.75, 3.05) is 13.6 Å². The molecule has 0 radical (unpaired) electrons. The van der Waals surface area contributed by atoms with E-state index in [1.165, 1.54) is 29.9 Å². The summed E-state index contributed by atoms with van der Waals surface area (Å²) in [6, 6.07) is 0. The number of nitrogens with zero attached hydrogens (tertiary/aromatic N) is 3. The first-order valence-electron chi connectivity index (χ1n) is 6.25. The maximum absolute atomic E-state index is 12.4. The number of furan rings is 1. The highest BCUT2D eigenvalue weighted by Gasteiger charge is 2.24. The number of hydrogen-bond acceptors (Lipinski definition) is 5. The second-order valence-electron chi connectivity index (χ2n) is 4.74. The van der Waals surface area contributed by atoms with Gasteiger partial charge in [-0.15, -0.1) is 0 Å². The SMILES string of the molecule is Cc1oc2ncn(C)c(=O)c2c1C(=O)N(C)CCC(=O)O. The van der Waals surface area contributed by atoms with Crippen LogP contribution in [0, 0.1) is 6.92 Å². The van der Waals surface area contributed by atoms with Gasteiger partial charge in [0.25, 0.3) is 11.5 Å². The molecule has 112 valence electrons. The van der Waals surface area contributed by atoms with Crippen LogP contribution >= 0.6 is 0 Å². The highest BCUT2D eigenvalue weighted by molar-refractivity contribution is 6.06. The number of aryl methyl sites for hydroxylation is 2. The summed E-state index contributed by atoms with van der Waals surface area (Å²) >= 11 is 0. The Morgan fingerprint density at radius 1 is 1.48 bits per heavy atom. The zero-order chi connectivity index (χ0) is 15.7. The van der Waals surface area contributed by atoms with Crippen molar-refractivity contribution in [2.24, 2.45) is 7.05 Å². The van der Waals surface area contributed by atoms with Gasteiger partial charge in [-0.05, 0) is 6.92 Å². The van der Waals surface area contributed by atoms with E-state index in [1.807, 2.05) is 0 Å². The zero-order valence-corrected chi connectivity index (χ0v) is 11.9. The van der Waals surface area contributed by atoms with Crippen LogP contribution in [0.5, 0.6) is 0 Å². The highest BCUT2D eigenvalue weighted by atomic mass is 16.4. The quantitative estimate of drug-likeness (QED) is 0.873. The van der Waals surface area contributed by atoms with Gasteiger partial charge in [-0.1, -0.05) is 0 Å². The minimum absolute atomic E-state index is 0.0425. The Labute approximate surface area is 119 Å². The van der Waals surface area contributed by atoms with Crippen molar-refractivity contribution in [1.29, 1.82) is 0 Å². The van der Waals surface area contributed by atoms with Gasteiger partial charge in [0.05, 0.1) is 12.0 Å². The Kier molecular flexibility index (Phi) is 3.79. The number of fused-ring (bicyclic) bond motifs is 1. The van der Waals surface area contributed by atoms with Crippen LogP contribution in [0.3, 0.4) is 0 Å². The van der Waals surface area contributed by atoms with E-state index in [1.54, 1.807) is 6.92 Å². The molecule has 0 aliphatic heterocycles. The first kappa shape index (κ1) is 14.8. The van der Waals surface area contributed by atoms with E-state index in [2.05, 4.69) is 4.98 Å². The molecule has 0 aliphatic rings. The fourth-order valence-corrected chi connectivity index (χ4v) is 2.00. The molecule has 0 atom stereocenters. The first-order valence-corrected chi connectivity index (χ1v) is 6.25. The second kappa shape index (κ2) is 5.39. The fourth-order valence-electron chi connectivity index (χ4n) is 2.00. The van der Waals surface area contributed by atoms with Gasteiger partial charge in [-0.3, -0.25) is 14.4 Å². The Morgan fingerprint density at radius 3 is 2.76 bits per heavy atom. The summed E-state index contributed by atoms with van der Waals surface area (Å²) in [5, 5.41) is 8.78. The lowest BCUT2D eigenvalue weighted by atomic mass is 10.1. The molecule has 0 fully saturated rings. The Hall–Kier alpha value is -2.64. The van der Waals surface area contributed by atoms with Crippen LogP contribution in [-0.4, -0.2) is 45.0 Å². The summed E-state index contributed by atoms with van der Waals surface area (Å²) in [7, 11) is 3.00. The monoisotopic (exact) mass is 293 g/mol. The van der Waals surface area contributed by atoms with Gasteiger partial charge in [0.2, 0.25) is 5.71 Å². The van der Waals surface area contributed by atoms with Crippen molar-refractivity contribution in [1.82, 2.24) is 14.5 Å². The molecule has 0 aromatic carbocycles. The van der Waals surface area contributed by atoms with E-state index < -0.39 is 11.9 Å². The molecular weight excluding hydrogens is 278 g/mol. The predicted molar refractivity (Wildman–Crippen MR) is 73.2 cm³/mol. The average molecular weight is 293 g/mol. The van der Waals surface area contributed by atoms with Crippen LogP contribution in [-0.2, 0) is 11.8 Å². The molecule has 8 heteroatoms. The number of amides is 1. The van der Waals surface area contributed by atoms with Gasteiger partial charge < -0.3 is 19.0 Å². The van der Waals surface area contributed by atoms with E-state index in [-0.39, 0.29) is 40.9 Å². The van der Waals surface area contributed by atoms with Crippen LogP contribution in [0.2, 0.25) is 0 Å². The molecule has 0 saturated heterocycles. The molecule has 0 aliphatic carbocycles. The summed E-state index contributed by atoms with van der Waals surface area (Å²) in [5.74, 6) is -1.17. The van der Waals surface area contributed by atoms with Crippen LogP contribution in [0.25, 0.3) is 11.1 Å². The van der Waals surface area contributed by atoms with Crippen LogP contribution in [0.4, 0.5) is 0 Å². The lowest BCUT2D eigenvalue weighted by molar-refractivity contribution is -0.137. The fraction of sp³-hybridized carbons (Fsp3) is 0.385. The van der Waals surface area contributed by atoms with Crippen molar-refractivity contribution in [3.05, 3.63) is 28.0 Å². The predicted octanol–water partition coefficient (Wildman–Crippen LogP) is 0.382. The molecule has 2 rings (SSSR count). The normalized spacial score (nSPS) is 10.8. The number of carboxylic acids is 1. The van der Waals surface area contributed by atoms with Crippen molar-refractivity contribution in [2.45, 2.75) is 13.3 Å². The molecule has 2 aromatic heterocycles. The second-order valence-corrected chi connectivity index (χ2v) is 4.74. The summed E-state index contributed by atoms with van der Waals surface area (Å²) in [4.78, 5) is 40.4. The zero-order valence-electron chi connectivity index (χ0n) is 11.9. The van der Waals surface area contributed by atoms with E-state index in [0.717, 1.165) is 0 Å². The van der Waals surface area contributed by atoms with Gasteiger partial charge >= 0.3 is 5.97 Å². The average Bonchev–Trinajstić information content (AvgIpc) is 2.76. The van der Waals surface area contributed by atoms with Crippen molar-refractivity contribution >= 4 is 23.0 Å². The Morgan fingerprint density at radius 2 is 2.14 bits per heavy atom. The third-order valence-corrected chi connectivity index (χ3v) is 3.17. The molecule has 0 saturated carbocycles. The molecule has 0 unspecified atom stereocenters. The third-order valence-electron chi connectivity index (χ3n) is 3.17. The molecule has 8 nitrogen and oxygen atoms in total. The van der Waals surface area contributed by atoms with E-state index >= 15 is 0 Å². The number of rotatable bonds is 4. The number of carboxylic acid groups (broad SMARTS) is 1. The van der Waals surface area contributed by atoms with Crippen molar-refractivity contribution in [3.8, 4) is 0 Å². The smallest absolute Gasteiger partial charge is 0.305 e. The van der Waals surface area contributed by atoms with Gasteiger partial charge in [0, 0.05) is 20.6 Å². The number of aliphatic carboxylic acids is 1. The summed E-state index contributed by atoms with van der Waals surface area (Å²) in [5.41, 5.74) is -0.149. The highest BCUT2D eigenvalue weighted by Crippen LogP contribution is 2.22. The number of hydrogen-bond donors (Lipinski definition) is 1. The summed E-state index contributed by atoms with van der Waals surface area (Å²) in [6.07, 6.45) is 1.14. The van der Waals surface area contributed by atoms with Crippen LogP contribution < -0.4 is 5.56 Å². The first-order chi connectivity index (χ1) is 9.82. The van der Waals surface area contributed by atoms with Gasteiger partial charge in [0.15, 0.2) is 0 Å². The summed E-state index contributed by atoms with van der Waals surface area (Å²) < 4.78 is 6.60. The number of aromatic nitrogens is 2. The molecule has 0 spiro atoms. The third kappa shape index (κ3) is 2.64. The van der Waals surface area contributed by atoms with Crippen LogP contribution in [0.1, 0.15) is 22.5 Å². The number of carbonyl (C=O) groups is 2. The lowest BCUT2D eigenvalue weighted by Crippen LogP contribution is -2.30. The van der Waals surface area contributed by atoms with E-state index in [0.29, 0.717) is 0 Å². The maximum atomic E-state index is 12.4. The molecular formula is C13H15N3O5. The van der Waals surface area contributed by atoms with Crippen molar-refractivity contribution < 1.29 is 19.1 Å². The topological polar surface area (TPSA) is 106 Å². The van der Waals surface area contributed by atoms with Gasteiger partial charge in [0.1, 0.15) is 17.5 Å². The minimum Gasteiger partial charge on any atom is -0.481 e. The number of carbonyl (C=O) groups excluding carboxylic acids is 1.